The summed E-state index contributed by atoms with van der Waals surface area (Å²) in [5.41, 5.74) is 0. The van der Waals surface area contributed by atoms with Crippen LogP contribution in [0, 0.1) is 23.7 Å². The van der Waals surface area contributed by atoms with Crippen LogP contribution in [0.4, 0.5) is 0 Å². The Morgan fingerprint density at radius 1 is 1.29 bits per heavy atom. The quantitative estimate of drug-likeness (QED) is 0.580. The first-order valence-electron chi connectivity index (χ1n) is 8.39. The van der Waals surface area contributed by atoms with E-state index in [2.05, 4.69) is 26.1 Å². The first-order valence-corrected chi connectivity index (χ1v) is 8.39. The van der Waals surface area contributed by atoms with E-state index >= 15 is 0 Å². The molecule has 0 aromatic carbocycles. The Kier molecular flexibility index (Phi) is 7.76. The summed E-state index contributed by atoms with van der Waals surface area (Å²) in [4.78, 5) is 23.9. The molecule has 1 rings (SSSR count). The van der Waals surface area contributed by atoms with Gasteiger partial charge in [0.1, 0.15) is 6.54 Å². The number of carbonyl (C=O) groups excluding carboxylic acids is 2. The molecule has 3 atom stereocenters. The van der Waals surface area contributed by atoms with Crippen LogP contribution >= 0.6 is 0 Å². The van der Waals surface area contributed by atoms with Gasteiger partial charge in [0.25, 0.3) is 0 Å². The van der Waals surface area contributed by atoms with Crippen molar-refractivity contribution in [3.8, 4) is 0 Å². The molecule has 1 amide bonds. The van der Waals surface area contributed by atoms with E-state index in [1.54, 1.807) is 0 Å². The summed E-state index contributed by atoms with van der Waals surface area (Å²) < 4.78 is 5.06. The van der Waals surface area contributed by atoms with Gasteiger partial charge in [-0.05, 0) is 37.0 Å². The predicted octanol–water partition coefficient (Wildman–Crippen LogP) is 3.15. The molecule has 0 bridgehead atoms. The zero-order valence-corrected chi connectivity index (χ0v) is 14.0. The lowest BCUT2D eigenvalue weighted by molar-refractivity contribution is -0.145. The van der Waals surface area contributed by atoms with Crippen molar-refractivity contribution in [1.82, 2.24) is 5.32 Å². The molecule has 0 spiro atoms. The van der Waals surface area contributed by atoms with Crippen LogP contribution in [0.15, 0.2) is 0 Å². The summed E-state index contributed by atoms with van der Waals surface area (Å²) in [6.07, 6.45) is 5.11. The Morgan fingerprint density at radius 2 is 2.00 bits per heavy atom. The average Bonchev–Trinajstić information content (AvgIpc) is 2.44. The maximum atomic E-state index is 12.4. The number of rotatable bonds is 7. The fourth-order valence-corrected chi connectivity index (χ4v) is 3.18. The van der Waals surface area contributed by atoms with Crippen LogP contribution < -0.4 is 5.32 Å². The molecule has 4 nitrogen and oxygen atoms in total. The summed E-state index contributed by atoms with van der Waals surface area (Å²) in [5, 5.41) is 2.77. The highest BCUT2D eigenvalue weighted by molar-refractivity contribution is 5.83. The zero-order chi connectivity index (χ0) is 15.8. The van der Waals surface area contributed by atoms with Crippen molar-refractivity contribution in [3.05, 3.63) is 0 Å². The van der Waals surface area contributed by atoms with Crippen LogP contribution in [-0.2, 0) is 14.3 Å². The van der Waals surface area contributed by atoms with Crippen molar-refractivity contribution in [2.75, 3.05) is 13.2 Å². The molecule has 122 valence electrons. The largest absolute Gasteiger partial charge is 0.464 e. The number of amides is 1. The predicted molar refractivity (Wildman–Crippen MR) is 83.7 cm³/mol. The van der Waals surface area contributed by atoms with Gasteiger partial charge in [0.05, 0.1) is 6.61 Å². The van der Waals surface area contributed by atoms with E-state index in [4.69, 9.17) is 4.74 Å². The molecule has 0 aliphatic heterocycles. The van der Waals surface area contributed by atoms with Crippen molar-refractivity contribution >= 4 is 11.9 Å². The normalized spacial score (nSPS) is 25.7. The van der Waals surface area contributed by atoms with Crippen LogP contribution in [0.2, 0.25) is 0 Å². The van der Waals surface area contributed by atoms with Gasteiger partial charge in [-0.25, -0.2) is 0 Å². The molecule has 0 heterocycles. The highest BCUT2D eigenvalue weighted by Gasteiger charge is 2.35. The standard InChI is InChI=1S/C17H31NO3/c1-5-6-9-21-16(19)11-18-17(20)15-10-13(4)7-8-14(15)12(2)3/h12-15H,5-11H2,1-4H3,(H,18,20)/t13-,14+,15-/m1/s1. The second-order valence-electron chi connectivity index (χ2n) is 6.72. The Balaban J connectivity index is 2.42. The van der Waals surface area contributed by atoms with E-state index in [0.717, 1.165) is 25.7 Å². The van der Waals surface area contributed by atoms with E-state index in [1.807, 2.05) is 6.92 Å². The second-order valence-corrected chi connectivity index (χ2v) is 6.72. The summed E-state index contributed by atoms with van der Waals surface area (Å²) >= 11 is 0. The molecular weight excluding hydrogens is 266 g/mol. The lowest BCUT2D eigenvalue weighted by atomic mass is 9.70. The highest BCUT2D eigenvalue weighted by atomic mass is 16.5. The minimum Gasteiger partial charge on any atom is -0.464 e. The van der Waals surface area contributed by atoms with E-state index < -0.39 is 0 Å². The van der Waals surface area contributed by atoms with Crippen molar-refractivity contribution in [2.24, 2.45) is 23.7 Å². The van der Waals surface area contributed by atoms with Gasteiger partial charge in [-0.2, -0.15) is 0 Å². The molecule has 1 N–H and O–H groups in total. The third-order valence-electron chi connectivity index (χ3n) is 4.53. The Bertz CT molecular complexity index is 341. The van der Waals surface area contributed by atoms with Gasteiger partial charge in [0, 0.05) is 5.92 Å². The molecule has 4 heteroatoms. The maximum absolute atomic E-state index is 12.4. The Hall–Kier alpha value is -1.06. The lowest BCUT2D eigenvalue weighted by Crippen LogP contribution is -2.42. The Morgan fingerprint density at radius 3 is 2.62 bits per heavy atom. The van der Waals surface area contributed by atoms with Crippen molar-refractivity contribution in [1.29, 1.82) is 0 Å². The number of unbranched alkanes of at least 4 members (excludes halogenated alkanes) is 1. The van der Waals surface area contributed by atoms with Gasteiger partial charge in [-0.1, -0.05) is 40.5 Å². The molecule has 1 saturated carbocycles. The number of esters is 1. The zero-order valence-electron chi connectivity index (χ0n) is 14.0. The molecule has 1 aliphatic carbocycles. The number of nitrogens with one attached hydrogen (secondary N) is 1. The minimum absolute atomic E-state index is 0.00174. The van der Waals surface area contributed by atoms with Gasteiger partial charge in [-0.15, -0.1) is 0 Å². The van der Waals surface area contributed by atoms with Gasteiger partial charge in [0.2, 0.25) is 5.91 Å². The smallest absolute Gasteiger partial charge is 0.325 e. The number of hydrogen-bond acceptors (Lipinski definition) is 3. The molecule has 1 aliphatic rings. The molecule has 0 saturated heterocycles. The van der Waals surface area contributed by atoms with Crippen molar-refractivity contribution in [3.63, 3.8) is 0 Å². The second kappa shape index (κ2) is 9.06. The molecule has 0 aromatic rings. The highest BCUT2D eigenvalue weighted by Crippen LogP contribution is 2.37. The maximum Gasteiger partial charge on any atom is 0.325 e. The van der Waals surface area contributed by atoms with E-state index in [1.165, 1.54) is 6.42 Å². The fraction of sp³-hybridized carbons (Fsp3) is 0.882. The van der Waals surface area contributed by atoms with Crippen LogP contribution in [0.1, 0.15) is 59.8 Å². The molecule has 21 heavy (non-hydrogen) atoms. The third-order valence-corrected chi connectivity index (χ3v) is 4.53. The topological polar surface area (TPSA) is 55.4 Å². The van der Waals surface area contributed by atoms with E-state index in [9.17, 15) is 9.59 Å². The first kappa shape index (κ1) is 18.0. The number of ether oxygens (including phenoxy) is 1. The SMILES string of the molecule is CCCCOC(=O)CNC(=O)[C@@H]1C[C@H](C)CC[C@H]1C(C)C. The van der Waals surface area contributed by atoms with Crippen molar-refractivity contribution in [2.45, 2.75) is 59.8 Å². The summed E-state index contributed by atoms with van der Waals surface area (Å²) in [7, 11) is 0. The molecular formula is C17H31NO3. The summed E-state index contributed by atoms with van der Waals surface area (Å²) in [5.74, 6) is 1.25. The summed E-state index contributed by atoms with van der Waals surface area (Å²) in [6, 6.07) is 0. The molecule has 0 aromatic heterocycles. The van der Waals surface area contributed by atoms with E-state index in [0.29, 0.717) is 24.4 Å². The monoisotopic (exact) mass is 297 g/mol. The summed E-state index contributed by atoms with van der Waals surface area (Å²) in [6.45, 7) is 9.06. The first-order chi connectivity index (χ1) is 9.95. The third kappa shape index (κ3) is 6.06. The van der Waals surface area contributed by atoms with Crippen LogP contribution in [0.25, 0.3) is 0 Å². The van der Waals surface area contributed by atoms with Crippen LogP contribution in [0.5, 0.6) is 0 Å². The molecule has 1 fully saturated rings. The number of carbonyl (C=O) groups is 2. The average molecular weight is 297 g/mol. The molecule has 0 radical (unpaired) electrons. The van der Waals surface area contributed by atoms with Crippen LogP contribution in [0.3, 0.4) is 0 Å². The van der Waals surface area contributed by atoms with E-state index in [-0.39, 0.29) is 24.3 Å². The van der Waals surface area contributed by atoms with Gasteiger partial charge in [0.15, 0.2) is 0 Å². The van der Waals surface area contributed by atoms with Gasteiger partial charge >= 0.3 is 5.97 Å². The van der Waals surface area contributed by atoms with Crippen molar-refractivity contribution < 1.29 is 14.3 Å². The van der Waals surface area contributed by atoms with Gasteiger partial charge in [-0.3, -0.25) is 9.59 Å². The lowest BCUT2D eigenvalue weighted by Gasteiger charge is -2.36. The Labute approximate surface area is 129 Å². The van der Waals surface area contributed by atoms with Crippen LogP contribution in [-0.4, -0.2) is 25.0 Å². The minimum atomic E-state index is -0.332. The fourth-order valence-electron chi connectivity index (χ4n) is 3.18. The molecule has 0 unspecified atom stereocenters. The van der Waals surface area contributed by atoms with Gasteiger partial charge < -0.3 is 10.1 Å². The number of hydrogen-bond donors (Lipinski definition) is 1.